The van der Waals surface area contributed by atoms with Gasteiger partial charge < -0.3 is 10.1 Å². The van der Waals surface area contributed by atoms with Gasteiger partial charge in [0.15, 0.2) is 6.10 Å². The first-order valence-electron chi connectivity index (χ1n) is 7.15. The monoisotopic (exact) mass is 307 g/mol. The van der Waals surface area contributed by atoms with Gasteiger partial charge in [0.2, 0.25) is 0 Å². The Bertz CT molecular complexity index is 540. The van der Waals surface area contributed by atoms with Crippen molar-refractivity contribution in [2.45, 2.75) is 50.7 Å². The van der Waals surface area contributed by atoms with Gasteiger partial charge in [-0.2, -0.15) is 0 Å². The van der Waals surface area contributed by atoms with E-state index in [0.717, 1.165) is 23.3 Å². The molecule has 0 bridgehead atoms. The van der Waals surface area contributed by atoms with Crippen LogP contribution in [0.1, 0.15) is 30.9 Å². The maximum Gasteiger partial charge on any atom is 0.317 e. The van der Waals surface area contributed by atoms with Crippen LogP contribution in [0.15, 0.2) is 23.1 Å². The highest BCUT2D eigenvalue weighted by Gasteiger charge is 2.27. The third kappa shape index (κ3) is 5.08. The molecule has 1 amide bonds. The number of amides is 1. The number of hydrogen-bond donors (Lipinski definition) is 1. The molecule has 1 aromatic rings. The Hall–Kier alpha value is -1.49. The van der Waals surface area contributed by atoms with Gasteiger partial charge in [0.05, 0.1) is 5.75 Å². The minimum Gasteiger partial charge on any atom is -0.452 e. The molecule has 114 valence electrons. The van der Waals surface area contributed by atoms with E-state index in [1.807, 2.05) is 26.0 Å². The Labute approximate surface area is 129 Å². The summed E-state index contributed by atoms with van der Waals surface area (Å²) < 4.78 is 5.15. The van der Waals surface area contributed by atoms with Gasteiger partial charge in [-0.15, -0.1) is 11.8 Å². The number of carbonyl (C=O) groups excluding carboxylic acids is 2. The van der Waals surface area contributed by atoms with Gasteiger partial charge >= 0.3 is 5.97 Å². The predicted octanol–water partition coefficient (Wildman–Crippen LogP) is 2.61. The largest absolute Gasteiger partial charge is 0.452 e. The number of esters is 1. The molecule has 0 aromatic heterocycles. The van der Waals surface area contributed by atoms with Gasteiger partial charge in [0, 0.05) is 10.9 Å². The van der Waals surface area contributed by atoms with Crippen molar-refractivity contribution >= 4 is 23.6 Å². The molecule has 0 saturated heterocycles. The van der Waals surface area contributed by atoms with Gasteiger partial charge in [-0.05, 0) is 45.2 Å². The third-order valence-corrected chi connectivity index (χ3v) is 4.43. The summed E-state index contributed by atoms with van der Waals surface area (Å²) in [5.74, 6) is -0.355. The minimum atomic E-state index is -0.724. The lowest BCUT2D eigenvalue weighted by Gasteiger charge is -2.13. The molecule has 1 aromatic carbocycles. The molecule has 0 radical (unpaired) electrons. The molecule has 2 rings (SSSR count). The highest BCUT2D eigenvalue weighted by molar-refractivity contribution is 8.00. The summed E-state index contributed by atoms with van der Waals surface area (Å²) in [6.45, 7) is 5.67. The number of thioether (sulfide) groups is 1. The second kappa shape index (κ2) is 6.98. The van der Waals surface area contributed by atoms with Crippen LogP contribution in [0.2, 0.25) is 0 Å². The summed E-state index contributed by atoms with van der Waals surface area (Å²) in [4.78, 5) is 24.6. The zero-order valence-corrected chi connectivity index (χ0v) is 13.5. The first-order valence-corrected chi connectivity index (χ1v) is 8.14. The van der Waals surface area contributed by atoms with E-state index in [2.05, 4.69) is 11.4 Å². The Kier molecular flexibility index (Phi) is 5.28. The Morgan fingerprint density at radius 2 is 2.10 bits per heavy atom. The fraction of sp³-hybridized carbons (Fsp3) is 0.500. The van der Waals surface area contributed by atoms with E-state index in [1.54, 1.807) is 6.92 Å². The molecule has 0 aliphatic heterocycles. The molecule has 1 saturated carbocycles. The van der Waals surface area contributed by atoms with Gasteiger partial charge in [-0.25, -0.2) is 0 Å². The quantitative estimate of drug-likeness (QED) is 0.648. The van der Waals surface area contributed by atoms with Crippen molar-refractivity contribution in [3.8, 4) is 0 Å². The SMILES string of the molecule is Cc1ccc(SCC(=O)O[C@@H](C)C(=O)NC2CC2)c(C)c1. The lowest BCUT2D eigenvalue weighted by atomic mass is 10.2. The number of rotatable bonds is 6. The molecule has 1 N–H and O–H groups in total. The van der Waals surface area contributed by atoms with Gasteiger partial charge in [0.25, 0.3) is 5.91 Å². The van der Waals surface area contributed by atoms with Crippen molar-refractivity contribution in [1.82, 2.24) is 5.32 Å². The number of aryl methyl sites for hydroxylation is 2. The summed E-state index contributed by atoms with van der Waals surface area (Å²) in [6, 6.07) is 6.39. The molecule has 4 nitrogen and oxygen atoms in total. The van der Waals surface area contributed by atoms with E-state index in [9.17, 15) is 9.59 Å². The van der Waals surface area contributed by atoms with E-state index in [1.165, 1.54) is 17.3 Å². The van der Waals surface area contributed by atoms with Crippen LogP contribution in [0.4, 0.5) is 0 Å². The van der Waals surface area contributed by atoms with E-state index in [-0.39, 0.29) is 23.7 Å². The number of nitrogens with one attached hydrogen (secondary N) is 1. The summed E-state index contributed by atoms with van der Waals surface area (Å²) in [6.07, 6.45) is 1.32. The van der Waals surface area contributed by atoms with Crippen molar-refractivity contribution < 1.29 is 14.3 Å². The number of carbonyl (C=O) groups is 2. The molecule has 0 unspecified atom stereocenters. The zero-order valence-electron chi connectivity index (χ0n) is 12.6. The summed E-state index contributed by atoms with van der Waals surface area (Å²) in [5.41, 5.74) is 2.34. The van der Waals surface area contributed by atoms with Gasteiger partial charge in [-0.3, -0.25) is 9.59 Å². The molecule has 1 atom stereocenters. The average Bonchev–Trinajstić information content (AvgIpc) is 3.21. The number of hydrogen-bond acceptors (Lipinski definition) is 4. The molecular formula is C16H21NO3S. The van der Waals surface area contributed by atoms with E-state index in [0.29, 0.717) is 0 Å². The van der Waals surface area contributed by atoms with E-state index < -0.39 is 6.10 Å². The molecule has 21 heavy (non-hydrogen) atoms. The lowest BCUT2D eigenvalue weighted by Crippen LogP contribution is -2.37. The standard InChI is InChI=1S/C16H21NO3S/c1-10-4-7-14(11(2)8-10)21-9-15(18)20-12(3)16(19)17-13-5-6-13/h4,7-8,12-13H,5-6,9H2,1-3H3,(H,17,19)/t12-/m0/s1. The second-order valence-electron chi connectivity index (χ2n) is 5.47. The van der Waals surface area contributed by atoms with Crippen LogP contribution in [0.5, 0.6) is 0 Å². The average molecular weight is 307 g/mol. The summed E-state index contributed by atoms with van der Waals surface area (Å²) >= 11 is 1.44. The fourth-order valence-electron chi connectivity index (χ4n) is 1.93. The highest BCUT2D eigenvalue weighted by Crippen LogP contribution is 2.23. The molecule has 0 heterocycles. The normalized spacial score (nSPS) is 15.4. The van der Waals surface area contributed by atoms with Crippen molar-refractivity contribution in [2.75, 3.05) is 5.75 Å². The summed E-state index contributed by atoms with van der Waals surface area (Å²) in [7, 11) is 0. The van der Waals surface area contributed by atoms with Crippen LogP contribution < -0.4 is 5.32 Å². The Morgan fingerprint density at radius 3 is 2.71 bits per heavy atom. The smallest absolute Gasteiger partial charge is 0.317 e. The van der Waals surface area contributed by atoms with Crippen LogP contribution in [0, 0.1) is 13.8 Å². The number of ether oxygens (including phenoxy) is 1. The van der Waals surface area contributed by atoms with E-state index >= 15 is 0 Å². The molecule has 5 heteroatoms. The molecule has 1 aliphatic rings. The van der Waals surface area contributed by atoms with Gasteiger partial charge in [0.1, 0.15) is 0 Å². The first-order chi connectivity index (χ1) is 9.95. The molecule has 0 spiro atoms. The Morgan fingerprint density at radius 1 is 1.38 bits per heavy atom. The fourth-order valence-corrected chi connectivity index (χ4v) is 2.72. The van der Waals surface area contributed by atoms with Crippen molar-refractivity contribution in [3.63, 3.8) is 0 Å². The number of benzene rings is 1. The third-order valence-electron chi connectivity index (χ3n) is 3.28. The van der Waals surface area contributed by atoms with Crippen LogP contribution in [0.25, 0.3) is 0 Å². The predicted molar refractivity (Wildman–Crippen MR) is 83.4 cm³/mol. The van der Waals surface area contributed by atoms with Crippen LogP contribution >= 0.6 is 11.8 Å². The van der Waals surface area contributed by atoms with E-state index in [4.69, 9.17) is 4.74 Å². The molecular weight excluding hydrogens is 286 g/mol. The summed E-state index contributed by atoms with van der Waals surface area (Å²) in [5, 5.41) is 2.83. The van der Waals surface area contributed by atoms with Gasteiger partial charge in [-0.1, -0.05) is 17.7 Å². The maximum absolute atomic E-state index is 11.8. The van der Waals surface area contributed by atoms with Crippen LogP contribution in [0.3, 0.4) is 0 Å². The van der Waals surface area contributed by atoms with Crippen LogP contribution in [-0.4, -0.2) is 29.8 Å². The second-order valence-corrected chi connectivity index (χ2v) is 6.49. The van der Waals surface area contributed by atoms with Crippen molar-refractivity contribution in [2.24, 2.45) is 0 Å². The van der Waals surface area contributed by atoms with Crippen molar-refractivity contribution in [1.29, 1.82) is 0 Å². The topological polar surface area (TPSA) is 55.4 Å². The minimum absolute atomic E-state index is 0.206. The molecule has 1 fully saturated rings. The lowest BCUT2D eigenvalue weighted by molar-refractivity contribution is -0.152. The molecule has 1 aliphatic carbocycles. The highest BCUT2D eigenvalue weighted by atomic mass is 32.2. The zero-order chi connectivity index (χ0) is 15.4. The first kappa shape index (κ1) is 15.9. The maximum atomic E-state index is 11.8. The van der Waals surface area contributed by atoms with Crippen LogP contribution in [-0.2, 0) is 14.3 Å². The Balaban J connectivity index is 1.77. The van der Waals surface area contributed by atoms with Crippen molar-refractivity contribution in [3.05, 3.63) is 29.3 Å².